The number of carbonyl (C=O) groups is 2. The topological polar surface area (TPSA) is 95.7 Å². The van der Waals surface area contributed by atoms with Crippen molar-refractivity contribution in [2.24, 2.45) is 0 Å². The lowest BCUT2D eigenvalue weighted by Crippen LogP contribution is -2.28. The maximum absolute atomic E-state index is 12.2. The Labute approximate surface area is 139 Å². The molecule has 0 radical (unpaired) electrons. The van der Waals surface area contributed by atoms with Gasteiger partial charge in [-0.2, -0.15) is 0 Å². The van der Waals surface area contributed by atoms with Gasteiger partial charge in [0.15, 0.2) is 6.10 Å². The van der Waals surface area contributed by atoms with Crippen LogP contribution in [0.15, 0.2) is 36.4 Å². The molecule has 128 valence electrons. The summed E-state index contributed by atoms with van der Waals surface area (Å²) in [6.07, 6.45) is 2.11. The second kappa shape index (κ2) is 7.72. The second-order valence-electron chi connectivity index (χ2n) is 5.59. The van der Waals surface area contributed by atoms with Crippen molar-refractivity contribution in [1.82, 2.24) is 0 Å². The van der Waals surface area contributed by atoms with E-state index in [9.17, 15) is 19.7 Å². The van der Waals surface area contributed by atoms with Gasteiger partial charge in [0.25, 0.3) is 5.69 Å². The maximum Gasteiger partial charge on any atom is 0.338 e. The summed E-state index contributed by atoms with van der Waals surface area (Å²) in [6, 6.07) is 5.07. The van der Waals surface area contributed by atoms with Crippen LogP contribution in [-0.2, 0) is 14.3 Å². The van der Waals surface area contributed by atoms with Crippen molar-refractivity contribution in [1.29, 1.82) is 0 Å². The number of benzene rings is 1. The molecule has 1 heterocycles. The number of nitro benzene ring substituents is 1. The fourth-order valence-corrected chi connectivity index (χ4v) is 2.47. The van der Waals surface area contributed by atoms with Crippen LogP contribution in [0.2, 0.25) is 0 Å². The summed E-state index contributed by atoms with van der Waals surface area (Å²) in [4.78, 5) is 34.0. The van der Waals surface area contributed by atoms with Crippen LogP contribution in [0.25, 0.3) is 0 Å². The molecule has 2 rings (SSSR count). The molecule has 1 aromatic carbocycles. The van der Waals surface area contributed by atoms with Gasteiger partial charge >= 0.3 is 11.9 Å². The number of rotatable bonds is 7. The molecule has 24 heavy (non-hydrogen) atoms. The number of nitrogens with zero attached hydrogens (tertiary/aromatic N) is 1. The molecule has 7 nitrogen and oxygen atoms in total. The van der Waals surface area contributed by atoms with Crippen molar-refractivity contribution in [3.8, 4) is 0 Å². The average Bonchev–Trinajstić information content (AvgIpc) is 2.83. The Bertz CT molecular complexity index is 652. The maximum atomic E-state index is 12.2. The number of carbonyl (C=O) groups excluding carboxylic acids is 2. The Morgan fingerprint density at radius 1 is 1.33 bits per heavy atom. The highest BCUT2D eigenvalue weighted by molar-refractivity contribution is 5.94. The summed E-state index contributed by atoms with van der Waals surface area (Å²) in [7, 11) is 0. The van der Waals surface area contributed by atoms with Crippen molar-refractivity contribution in [3.05, 3.63) is 52.1 Å². The number of hydrogen-bond acceptors (Lipinski definition) is 6. The van der Waals surface area contributed by atoms with E-state index in [0.29, 0.717) is 6.42 Å². The molecule has 1 aliphatic rings. The van der Waals surface area contributed by atoms with Gasteiger partial charge in [0, 0.05) is 12.1 Å². The summed E-state index contributed by atoms with van der Waals surface area (Å²) in [5.41, 5.74) is 0.166. The van der Waals surface area contributed by atoms with Gasteiger partial charge in [-0.1, -0.05) is 26.3 Å². The minimum absolute atomic E-state index is 0.117. The van der Waals surface area contributed by atoms with E-state index < -0.39 is 29.1 Å². The van der Waals surface area contributed by atoms with Crippen LogP contribution in [0.5, 0.6) is 0 Å². The third-order valence-electron chi connectivity index (χ3n) is 3.84. The van der Waals surface area contributed by atoms with E-state index in [4.69, 9.17) is 9.47 Å². The SMILES string of the molecule is C=C1C(=O)O[C@@H](CCCCC)[C@H]1OC(=O)c1ccc([N+](=O)[O-])cc1. The van der Waals surface area contributed by atoms with Crippen LogP contribution in [0.3, 0.4) is 0 Å². The molecule has 7 heteroatoms. The highest BCUT2D eigenvalue weighted by Gasteiger charge is 2.41. The fourth-order valence-electron chi connectivity index (χ4n) is 2.47. The predicted molar refractivity (Wildman–Crippen MR) is 85.5 cm³/mol. The first-order valence-corrected chi connectivity index (χ1v) is 7.79. The Kier molecular flexibility index (Phi) is 5.68. The molecule has 0 aliphatic carbocycles. The van der Waals surface area contributed by atoms with Gasteiger partial charge in [0.1, 0.15) is 6.10 Å². The van der Waals surface area contributed by atoms with E-state index in [-0.39, 0.29) is 16.8 Å². The summed E-state index contributed by atoms with van der Waals surface area (Å²) >= 11 is 0. The van der Waals surface area contributed by atoms with Crippen LogP contribution in [0.1, 0.15) is 43.0 Å². The Morgan fingerprint density at radius 2 is 2.00 bits per heavy atom. The monoisotopic (exact) mass is 333 g/mol. The normalized spacial score (nSPS) is 19.9. The zero-order chi connectivity index (χ0) is 17.7. The van der Waals surface area contributed by atoms with Crippen LogP contribution in [0, 0.1) is 10.1 Å². The molecule has 1 saturated heterocycles. The van der Waals surface area contributed by atoms with E-state index >= 15 is 0 Å². The number of ether oxygens (including phenoxy) is 2. The number of non-ortho nitro benzene ring substituents is 1. The van der Waals surface area contributed by atoms with Crippen LogP contribution < -0.4 is 0 Å². The second-order valence-corrected chi connectivity index (χ2v) is 5.59. The first kappa shape index (κ1) is 17.7. The Morgan fingerprint density at radius 3 is 2.58 bits per heavy atom. The average molecular weight is 333 g/mol. The van der Waals surface area contributed by atoms with E-state index in [1.807, 2.05) is 0 Å². The van der Waals surface area contributed by atoms with Gasteiger partial charge in [-0.15, -0.1) is 0 Å². The molecule has 0 amide bonds. The first-order chi connectivity index (χ1) is 11.4. The lowest BCUT2D eigenvalue weighted by Gasteiger charge is -2.18. The molecule has 1 aromatic rings. The van der Waals surface area contributed by atoms with Crippen molar-refractivity contribution in [3.63, 3.8) is 0 Å². The minimum atomic E-state index is -0.822. The van der Waals surface area contributed by atoms with Crippen molar-refractivity contribution >= 4 is 17.6 Å². The van der Waals surface area contributed by atoms with E-state index in [2.05, 4.69) is 13.5 Å². The zero-order valence-electron chi connectivity index (χ0n) is 13.4. The molecule has 0 N–H and O–H groups in total. The molecule has 0 bridgehead atoms. The smallest absolute Gasteiger partial charge is 0.338 e. The van der Waals surface area contributed by atoms with Gasteiger partial charge in [0.2, 0.25) is 0 Å². The third kappa shape index (κ3) is 3.98. The van der Waals surface area contributed by atoms with Crippen molar-refractivity contribution in [2.45, 2.75) is 44.8 Å². The summed E-state index contributed by atoms with van der Waals surface area (Å²) in [5, 5.41) is 10.6. The fraction of sp³-hybridized carbons (Fsp3) is 0.412. The first-order valence-electron chi connectivity index (χ1n) is 7.79. The van der Waals surface area contributed by atoms with Crippen molar-refractivity contribution < 1.29 is 24.0 Å². The van der Waals surface area contributed by atoms with Gasteiger partial charge in [-0.05, 0) is 25.0 Å². The molecular weight excluding hydrogens is 314 g/mol. The molecule has 0 aromatic heterocycles. The quantitative estimate of drug-likeness (QED) is 0.250. The van der Waals surface area contributed by atoms with Gasteiger partial charge < -0.3 is 9.47 Å². The molecule has 0 saturated carbocycles. The van der Waals surface area contributed by atoms with E-state index in [1.54, 1.807) is 0 Å². The van der Waals surface area contributed by atoms with Crippen molar-refractivity contribution in [2.75, 3.05) is 0 Å². The molecule has 2 atom stereocenters. The zero-order valence-corrected chi connectivity index (χ0v) is 13.4. The number of hydrogen-bond donors (Lipinski definition) is 0. The Hall–Kier alpha value is -2.70. The predicted octanol–water partition coefficient (Wildman–Crippen LogP) is 3.18. The number of unbranched alkanes of at least 4 members (excludes halogenated alkanes) is 2. The molecule has 0 unspecified atom stereocenters. The van der Waals surface area contributed by atoms with Crippen LogP contribution in [0.4, 0.5) is 5.69 Å². The molecule has 1 fully saturated rings. The van der Waals surface area contributed by atoms with E-state index in [0.717, 1.165) is 19.3 Å². The minimum Gasteiger partial charge on any atom is -0.455 e. The lowest BCUT2D eigenvalue weighted by atomic mass is 10.0. The Balaban J connectivity index is 2.05. The molecule has 0 spiro atoms. The van der Waals surface area contributed by atoms with Crippen LogP contribution in [-0.4, -0.2) is 29.1 Å². The molecular formula is C17H19NO6. The summed E-state index contributed by atoms with van der Waals surface area (Å²) < 4.78 is 10.6. The highest BCUT2D eigenvalue weighted by Crippen LogP contribution is 2.28. The summed E-state index contributed by atoms with van der Waals surface area (Å²) in [6.45, 7) is 5.70. The largest absolute Gasteiger partial charge is 0.455 e. The highest BCUT2D eigenvalue weighted by atomic mass is 16.6. The molecule has 1 aliphatic heterocycles. The van der Waals surface area contributed by atoms with Gasteiger partial charge in [0.05, 0.1) is 16.1 Å². The summed E-state index contributed by atoms with van der Waals surface area (Å²) in [5.74, 6) is -1.23. The number of nitro groups is 1. The number of esters is 2. The van der Waals surface area contributed by atoms with E-state index in [1.165, 1.54) is 24.3 Å². The standard InChI is InChI=1S/C17H19NO6/c1-3-4-5-6-14-15(11(2)16(19)23-14)24-17(20)12-7-9-13(10-8-12)18(21)22/h7-10,14-15H,2-6H2,1H3/t14-,15-/m0/s1. The third-order valence-corrected chi connectivity index (χ3v) is 3.84. The van der Waals surface area contributed by atoms with Gasteiger partial charge in [-0.3, -0.25) is 10.1 Å². The van der Waals surface area contributed by atoms with Crippen LogP contribution >= 0.6 is 0 Å². The lowest BCUT2D eigenvalue weighted by molar-refractivity contribution is -0.384. The van der Waals surface area contributed by atoms with Gasteiger partial charge in [-0.25, -0.2) is 9.59 Å². The number of cyclic esters (lactones) is 1.